The molecule has 5 nitrogen and oxygen atoms in total. The summed E-state index contributed by atoms with van der Waals surface area (Å²) >= 11 is 1.48. The van der Waals surface area contributed by atoms with Crippen molar-refractivity contribution < 1.29 is 9.53 Å². The molecule has 1 aromatic heterocycles. The maximum atomic E-state index is 11.0. The highest BCUT2D eigenvalue weighted by Crippen LogP contribution is 2.17. The van der Waals surface area contributed by atoms with Crippen molar-refractivity contribution in [1.29, 1.82) is 0 Å². The minimum Gasteiger partial charge on any atom is -0.426 e. The molecule has 6 heteroatoms. The SMILES string of the molecule is CC(=O)Oc1ccccc1C=NNc1nc(C)cs1. The Morgan fingerprint density at radius 1 is 1.47 bits per heavy atom. The van der Waals surface area contributed by atoms with Gasteiger partial charge in [0.15, 0.2) is 0 Å². The Bertz CT molecular complexity index is 607. The van der Waals surface area contributed by atoms with Gasteiger partial charge in [-0.15, -0.1) is 11.3 Å². The van der Waals surface area contributed by atoms with Gasteiger partial charge in [0.2, 0.25) is 5.13 Å². The van der Waals surface area contributed by atoms with Gasteiger partial charge in [-0.2, -0.15) is 5.10 Å². The zero-order valence-corrected chi connectivity index (χ0v) is 11.4. The Kier molecular flexibility index (Phi) is 4.25. The number of benzene rings is 1. The van der Waals surface area contributed by atoms with Crippen LogP contribution >= 0.6 is 11.3 Å². The zero-order chi connectivity index (χ0) is 13.7. The summed E-state index contributed by atoms with van der Waals surface area (Å²) in [4.78, 5) is 15.2. The maximum absolute atomic E-state index is 11.0. The molecular formula is C13H13N3O2S. The molecule has 0 aliphatic rings. The Balaban J connectivity index is 2.07. The molecule has 98 valence electrons. The Hall–Kier alpha value is -2.21. The van der Waals surface area contributed by atoms with Gasteiger partial charge in [0.25, 0.3) is 0 Å². The highest BCUT2D eigenvalue weighted by molar-refractivity contribution is 7.13. The molecule has 0 atom stereocenters. The summed E-state index contributed by atoms with van der Waals surface area (Å²) in [5.41, 5.74) is 4.50. The number of thiazole rings is 1. The van der Waals surface area contributed by atoms with E-state index in [-0.39, 0.29) is 5.97 Å². The zero-order valence-electron chi connectivity index (χ0n) is 10.6. The van der Waals surface area contributed by atoms with Crippen molar-refractivity contribution >= 4 is 28.7 Å². The fourth-order valence-electron chi connectivity index (χ4n) is 1.40. The fourth-order valence-corrected chi connectivity index (χ4v) is 2.03. The number of esters is 1. The van der Waals surface area contributed by atoms with E-state index < -0.39 is 0 Å². The van der Waals surface area contributed by atoms with Crippen LogP contribution in [0.15, 0.2) is 34.7 Å². The molecule has 2 rings (SSSR count). The first kappa shape index (κ1) is 13.2. The molecule has 0 amide bonds. The van der Waals surface area contributed by atoms with Crippen molar-refractivity contribution in [3.8, 4) is 5.75 Å². The van der Waals surface area contributed by atoms with Gasteiger partial charge in [0.1, 0.15) is 5.75 Å². The number of carbonyl (C=O) groups is 1. The maximum Gasteiger partial charge on any atom is 0.308 e. The molecule has 1 aromatic carbocycles. The van der Waals surface area contributed by atoms with E-state index >= 15 is 0 Å². The van der Waals surface area contributed by atoms with E-state index in [0.717, 1.165) is 16.4 Å². The van der Waals surface area contributed by atoms with Crippen LogP contribution in [-0.4, -0.2) is 17.2 Å². The second-order valence-corrected chi connectivity index (χ2v) is 4.65. The first-order valence-electron chi connectivity index (χ1n) is 5.64. The number of hydrogen-bond acceptors (Lipinski definition) is 6. The third kappa shape index (κ3) is 3.89. The number of nitrogens with one attached hydrogen (secondary N) is 1. The summed E-state index contributed by atoms with van der Waals surface area (Å²) in [7, 11) is 0. The number of aromatic nitrogens is 1. The van der Waals surface area contributed by atoms with Crippen LogP contribution in [0, 0.1) is 6.92 Å². The highest BCUT2D eigenvalue weighted by atomic mass is 32.1. The number of nitrogens with zero attached hydrogens (tertiary/aromatic N) is 2. The van der Waals surface area contributed by atoms with Crippen molar-refractivity contribution in [3.05, 3.63) is 40.9 Å². The van der Waals surface area contributed by atoms with Crippen LogP contribution in [0.4, 0.5) is 5.13 Å². The lowest BCUT2D eigenvalue weighted by atomic mass is 10.2. The van der Waals surface area contributed by atoms with Gasteiger partial charge in [-0.05, 0) is 19.1 Å². The molecule has 0 aliphatic heterocycles. The van der Waals surface area contributed by atoms with Gasteiger partial charge in [-0.3, -0.25) is 10.2 Å². The average Bonchev–Trinajstić information content (AvgIpc) is 2.77. The summed E-state index contributed by atoms with van der Waals surface area (Å²) in [5.74, 6) is 0.125. The third-order valence-corrected chi connectivity index (χ3v) is 3.02. The number of para-hydroxylation sites is 1. The number of hydrogen-bond donors (Lipinski definition) is 1. The summed E-state index contributed by atoms with van der Waals surface area (Å²) < 4.78 is 5.08. The Labute approximate surface area is 114 Å². The molecule has 1 heterocycles. The van der Waals surface area contributed by atoms with Crippen LogP contribution in [0.3, 0.4) is 0 Å². The lowest BCUT2D eigenvalue weighted by molar-refractivity contribution is -0.131. The average molecular weight is 275 g/mol. The molecule has 2 aromatic rings. The van der Waals surface area contributed by atoms with E-state index in [0.29, 0.717) is 5.75 Å². The van der Waals surface area contributed by atoms with Crippen molar-refractivity contribution in [2.45, 2.75) is 13.8 Å². The molecule has 0 saturated heterocycles. The fraction of sp³-hybridized carbons (Fsp3) is 0.154. The lowest BCUT2D eigenvalue weighted by Crippen LogP contribution is -2.03. The van der Waals surface area contributed by atoms with Gasteiger partial charge in [0, 0.05) is 17.9 Å². The number of aryl methyl sites for hydroxylation is 1. The van der Waals surface area contributed by atoms with E-state index in [1.165, 1.54) is 18.3 Å². The first-order valence-corrected chi connectivity index (χ1v) is 6.52. The molecule has 0 fully saturated rings. The molecule has 0 bridgehead atoms. The molecular weight excluding hydrogens is 262 g/mol. The summed E-state index contributed by atoms with van der Waals surface area (Å²) in [6.45, 7) is 3.28. The van der Waals surface area contributed by atoms with Crippen LogP contribution in [-0.2, 0) is 4.79 Å². The van der Waals surface area contributed by atoms with Crippen LogP contribution < -0.4 is 10.2 Å². The predicted octanol–water partition coefficient (Wildman–Crippen LogP) is 2.82. The van der Waals surface area contributed by atoms with Gasteiger partial charge >= 0.3 is 5.97 Å². The molecule has 1 N–H and O–H groups in total. The second-order valence-electron chi connectivity index (χ2n) is 3.80. The third-order valence-electron chi connectivity index (χ3n) is 2.16. The van der Waals surface area contributed by atoms with Gasteiger partial charge in [-0.1, -0.05) is 12.1 Å². The Morgan fingerprint density at radius 2 is 2.26 bits per heavy atom. The minimum absolute atomic E-state index is 0.357. The Morgan fingerprint density at radius 3 is 2.95 bits per heavy atom. The normalized spacial score (nSPS) is 10.6. The van der Waals surface area contributed by atoms with E-state index in [2.05, 4.69) is 15.5 Å². The number of hydrazone groups is 1. The van der Waals surface area contributed by atoms with Crippen LogP contribution in [0.25, 0.3) is 0 Å². The smallest absolute Gasteiger partial charge is 0.308 e. The summed E-state index contributed by atoms with van der Waals surface area (Å²) in [6.07, 6.45) is 1.59. The first-order chi connectivity index (χ1) is 9.15. The largest absolute Gasteiger partial charge is 0.426 e. The summed E-state index contributed by atoms with van der Waals surface area (Å²) in [5, 5.41) is 6.73. The molecule has 0 aliphatic carbocycles. The topological polar surface area (TPSA) is 63.6 Å². The van der Waals surface area contributed by atoms with Gasteiger partial charge in [-0.25, -0.2) is 4.98 Å². The number of anilines is 1. The van der Waals surface area contributed by atoms with Gasteiger partial charge in [0.05, 0.1) is 11.9 Å². The molecule has 0 spiro atoms. The molecule has 0 radical (unpaired) electrons. The highest BCUT2D eigenvalue weighted by Gasteiger charge is 2.03. The van der Waals surface area contributed by atoms with Crippen LogP contribution in [0.2, 0.25) is 0 Å². The summed E-state index contributed by atoms with van der Waals surface area (Å²) in [6, 6.07) is 7.18. The van der Waals surface area contributed by atoms with Crippen molar-refractivity contribution in [2.24, 2.45) is 5.10 Å². The second kappa shape index (κ2) is 6.10. The number of carbonyl (C=O) groups excluding carboxylic acids is 1. The van der Waals surface area contributed by atoms with E-state index in [1.54, 1.807) is 18.3 Å². The van der Waals surface area contributed by atoms with Crippen molar-refractivity contribution in [3.63, 3.8) is 0 Å². The van der Waals surface area contributed by atoms with Crippen LogP contribution in [0.5, 0.6) is 5.75 Å². The number of ether oxygens (including phenoxy) is 1. The van der Waals surface area contributed by atoms with E-state index in [1.807, 2.05) is 24.4 Å². The lowest BCUT2D eigenvalue weighted by Gasteiger charge is -2.04. The minimum atomic E-state index is -0.357. The van der Waals surface area contributed by atoms with Crippen molar-refractivity contribution in [2.75, 3.05) is 5.43 Å². The molecule has 19 heavy (non-hydrogen) atoms. The number of rotatable bonds is 4. The standard InChI is InChI=1S/C13H13N3O2S/c1-9-8-19-13(15-9)16-14-7-11-5-3-4-6-12(11)18-10(2)17/h3-8H,1-2H3,(H,15,16). The van der Waals surface area contributed by atoms with Crippen molar-refractivity contribution in [1.82, 2.24) is 4.98 Å². The molecule has 0 saturated carbocycles. The van der Waals surface area contributed by atoms with Gasteiger partial charge < -0.3 is 4.74 Å². The molecule has 0 unspecified atom stereocenters. The van der Waals surface area contributed by atoms with E-state index in [4.69, 9.17) is 4.74 Å². The van der Waals surface area contributed by atoms with Crippen LogP contribution in [0.1, 0.15) is 18.2 Å². The monoisotopic (exact) mass is 275 g/mol. The van der Waals surface area contributed by atoms with E-state index in [9.17, 15) is 4.79 Å². The predicted molar refractivity (Wildman–Crippen MR) is 75.8 cm³/mol. The quantitative estimate of drug-likeness (QED) is 0.403.